The number of carbonyl (C=O) groups is 3. The van der Waals surface area contributed by atoms with E-state index in [1.807, 2.05) is 0 Å². The first-order valence-electron chi connectivity index (χ1n) is 7.17. The molecule has 1 aliphatic rings. The second-order valence-electron chi connectivity index (χ2n) is 5.23. The van der Waals surface area contributed by atoms with Gasteiger partial charge in [-0.2, -0.15) is 0 Å². The summed E-state index contributed by atoms with van der Waals surface area (Å²) >= 11 is 11.8. The molecule has 1 N–H and O–H groups in total. The van der Waals surface area contributed by atoms with Crippen molar-refractivity contribution in [2.75, 3.05) is 11.9 Å². The molecule has 7 heteroatoms. The van der Waals surface area contributed by atoms with Crippen molar-refractivity contribution in [2.45, 2.75) is 6.42 Å². The summed E-state index contributed by atoms with van der Waals surface area (Å²) in [5, 5.41) is 3.48. The van der Waals surface area contributed by atoms with Crippen molar-refractivity contribution < 1.29 is 14.4 Å². The van der Waals surface area contributed by atoms with Gasteiger partial charge in [-0.25, -0.2) is 0 Å². The van der Waals surface area contributed by atoms with Gasteiger partial charge in [0.2, 0.25) is 5.91 Å². The molecule has 0 radical (unpaired) electrons. The van der Waals surface area contributed by atoms with Crippen LogP contribution in [-0.2, 0) is 4.79 Å². The topological polar surface area (TPSA) is 66.5 Å². The molecule has 3 amide bonds. The lowest BCUT2D eigenvalue weighted by molar-refractivity contribution is -0.116. The highest BCUT2D eigenvalue weighted by Gasteiger charge is 2.36. The Kier molecular flexibility index (Phi) is 4.55. The van der Waals surface area contributed by atoms with Crippen LogP contribution in [0, 0.1) is 0 Å². The number of hydrogen-bond donors (Lipinski definition) is 1. The molecular formula is C17H12Cl2N2O3. The van der Waals surface area contributed by atoms with Gasteiger partial charge in [0.1, 0.15) is 0 Å². The van der Waals surface area contributed by atoms with Crippen molar-refractivity contribution in [3.8, 4) is 0 Å². The highest BCUT2D eigenvalue weighted by molar-refractivity contribution is 6.37. The maximum atomic E-state index is 12.3. The van der Waals surface area contributed by atoms with Crippen LogP contribution in [0.3, 0.4) is 0 Å². The van der Waals surface area contributed by atoms with Gasteiger partial charge in [-0.1, -0.05) is 29.3 Å². The van der Waals surface area contributed by atoms with Gasteiger partial charge in [0.25, 0.3) is 11.8 Å². The summed E-state index contributed by atoms with van der Waals surface area (Å²) in [6, 6.07) is 11.4. The molecule has 3 rings (SSSR count). The number of imide groups is 1. The predicted molar refractivity (Wildman–Crippen MR) is 91.5 cm³/mol. The Hall–Kier alpha value is -2.37. The fourth-order valence-corrected chi connectivity index (χ4v) is 2.85. The second-order valence-corrected chi connectivity index (χ2v) is 6.07. The molecule has 0 spiro atoms. The average Bonchev–Trinajstić information content (AvgIpc) is 2.80. The summed E-state index contributed by atoms with van der Waals surface area (Å²) in [5.41, 5.74) is 1.06. The number of amides is 3. The predicted octanol–water partition coefficient (Wildman–Crippen LogP) is 3.62. The Balaban J connectivity index is 1.64. The summed E-state index contributed by atoms with van der Waals surface area (Å²) in [6.45, 7) is -0.0118. The number of carbonyl (C=O) groups excluding carboxylic acids is 3. The zero-order valence-corrected chi connectivity index (χ0v) is 13.9. The Bertz CT molecular complexity index is 834. The first-order valence-corrected chi connectivity index (χ1v) is 7.93. The third-order valence-corrected chi connectivity index (χ3v) is 4.21. The van der Waals surface area contributed by atoms with Crippen molar-refractivity contribution in [3.63, 3.8) is 0 Å². The molecule has 0 bridgehead atoms. The molecule has 0 fully saturated rings. The number of halogens is 2. The minimum atomic E-state index is -0.472. The van der Waals surface area contributed by atoms with Crippen LogP contribution >= 0.6 is 23.2 Å². The van der Waals surface area contributed by atoms with Gasteiger partial charge in [-0.3, -0.25) is 19.3 Å². The third kappa shape index (κ3) is 3.13. The highest BCUT2D eigenvalue weighted by Crippen LogP contribution is 2.29. The standard InChI is InChI=1S/C17H12Cl2N2O3/c18-10-4-6-11(7-5-10)20-14(22)8-9-21-16(23)12-2-1-3-13(19)15(12)17(21)24/h1-7H,8-9H2,(H,20,22). The maximum Gasteiger partial charge on any atom is 0.263 e. The van der Waals surface area contributed by atoms with Crippen LogP contribution in [-0.4, -0.2) is 29.2 Å². The van der Waals surface area contributed by atoms with E-state index in [2.05, 4.69) is 5.32 Å². The van der Waals surface area contributed by atoms with Crippen LogP contribution < -0.4 is 5.32 Å². The molecule has 24 heavy (non-hydrogen) atoms. The van der Waals surface area contributed by atoms with Crippen LogP contribution in [0.4, 0.5) is 5.69 Å². The van der Waals surface area contributed by atoms with E-state index in [-0.39, 0.29) is 35.0 Å². The number of nitrogens with zero attached hydrogens (tertiary/aromatic N) is 1. The van der Waals surface area contributed by atoms with E-state index in [1.54, 1.807) is 42.5 Å². The van der Waals surface area contributed by atoms with Crippen LogP contribution in [0.1, 0.15) is 27.1 Å². The summed E-state index contributed by atoms with van der Waals surface area (Å²) < 4.78 is 0. The van der Waals surface area contributed by atoms with Gasteiger partial charge >= 0.3 is 0 Å². The minimum absolute atomic E-state index is 0.00822. The van der Waals surface area contributed by atoms with Crippen molar-refractivity contribution in [3.05, 3.63) is 63.6 Å². The fourth-order valence-electron chi connectivity index (χ4n) is 2.47. The molecular weight excluding hydrogens is 351 g/mol. The molecule has 5 nitrogen and oxygen atoms in total. The van der Waals surface area contributed by atoms with E-state index in [1.165, 1.54) is 0 Å². The monoisotopic (exact) mass is 362 g/mol. The Morgan fingerprint density at radius 1 is 1.00 bits per heavy atom. The lowest BCUT2D eigenvalue weighted by atomic mass is 10.1. The van der Waals surface area contributed by atoms with Crippen molar-refractivity contribution in [1.29, 1.82) is 0 Å². The number of hydrogen-bond acceptors (Lipinski definition) is 3. The summed E-state index contributed by atoms with van der Waals surface area (Å²) in [5.74, 6) is -1.21. The molecule has 1 heterocycles. The Labute approximate surface area is 148 Å². The number of fused-ring (bicyclic) bond motifs is 1. The van der Waals surface area contributed by atoms with Crippen LogP contribution in [0.5, 0.6) is 0 Å². The van der Waals surface area contributed by atoms with Gasteiger partial charge in [-0.05, 0) is 36.4 Å². The molecule has 0 aliphatic carbocycles. The number of nitrogens with one attached hydrogen (secondary N) is 1. The zero-order chi connectivity index (χ0) is 17.3. The van der Waals surface area contributed by atoms with Gasteiger partial charge in [0, 0.05) is 23.7 Å². The number of rotatable bonds is 4. The molecule has 0 saturated carbocycles. The van der Waals surface area contributed by atoms with Gasteiger partial charge in [0.05, 0.1) is 16.1 Å². The Morgan fingerprint density at radius 2 is 1.71 bits per heavy atom. The molecule has 0 atom stereocenters. The quantitative estimate of drug-likeness (QED) is 0.844. The largest absolute Gasteiger partial charge is 0.326 e. The van der Waals surface area contributed by atoms with Gasteiger partial charge < -0.3 is 5.32 Å². The minimum Gasteiger partial charge on any atom is -0.326 e. The smallest absolute Gasteiger partial charge is 0.263 e. The summed E-state index contributed by atoms with van der Waals surface area (Å²) in [4.78, 5) is 37.6. The zero-order valence-electron chi connectivity index (χ0n) is 12.4. The van der Waals surface area contributed by atoms with Gasteiger partial charge in [-0.15, -0.1) is 0 Å². The normalized spacial score (nSPS) is 13.2. The van der Waals surface area contributed by atoms with Gasteiger partial charge in [0.15, 0.2) is 0 Å². The molecule has 0 aromatic heterocycles. The van der Waals surface area contributed by atoms with Crippen LogP contribution in [0.15, 0.2) is 42.5 Å². The molecule has 0 unspecified atom stereocenters. The molecule has 2 aromatic carbocycles. The van der Waals surface area contributed by atoms with E-state index in [9.17, 15) is 14.4 Å². The van der Waals surface area contributed by atoms with Crippen molar-refractivity contribution >= 4 is 46.6 Å². The average molecular weight is 363 g/mol. The lowest BCUT2D eigenvalue weighted by Gasteiger charge is -2.13. The molecule has 122 valence electrons. The summed E-state index contributed by atoms with van der Waals surface area (Å²) in [7, 11) is 0. The second kappa shape index (κ2) is 6.63. The SMILES string of the molecule is O=C(CCN1C(=O)c2cccc(Cl)c2C1=O)Nc1ccc(Cl)cc1. The van der Waals surface area contributed by atoms with Crippen LogP contribution in [0.25, 0.3) is 0 Å². The van der Waals surface area contributed by atoms with Crippen molar-refractivity contribution in [2.24, 2.45) is 0 Å². The molecule has 0 saturated heterocycles. The first-order chi connectivity index (χ1) is 11.5. The number of anilines is 1. The van der Waals surface area contributed by atoms with E-state index in [0.717, 1.165) is 4.90 Å². The first kappa shape index (κ1) is 16.5. The van der Waals surface area contributed by atoms with Crippen molar-refractivity contribution in [1.82, 2.24) is 4.90 Å². The van der Waals surface area contributed by atoms with E-state index < -0.39 is 11.8 Å². The summed E-state index contributed by atoms with van der Waals surface area (Å²) in [6.07, 6.45) is -0.00822. The number of benzene rings is 2. The molecule has 2 aromatic rings. The van der Waals surface area contributed by atoms with E-state index in [0.29, 0.717) is 10.7 Å². The lowest BCUT2D eigenvalue weighted by Crippen LogP contribution is -2.32. The maximum absolute atomic E-state index is 12.3. The third-order valence-electron chi connectivity index (χ3n) is 3.64. The molecule has 1 aliphatic heterocycles. The van der Waals surface area contributed by atoms with Crippen LogP contribution in [0.2, 0.25) is 10.0 Å². The Morgan fingerprint density at radius 3 is 2.38 bits per heavy atom. The van der Waals surface area contributed by atoms with E-state index >= 15 is 0 Å². The highest BCUT2D eigenvalue weighted by atomic mass is 35.5. The van der Waals surface area contributed by atoms with E-state index in [4.69, 9.17) is 23.2 Å². The fraction of sp³-hybridized carbons (Fsp3) is 0.118.